The number of likely N-dealkylation sites (tertiary alicyclic amines) is 1. The van der Waals surface area contributed by atoms with Gasteiger partial charge in [0.05, 0.1) is 12.7 Å². The maximum atomic E-state index is 12.5. The lowest BCUT2D eigenvalue weighted by molar-refractivity contribution is 0.0416. The van der Waals surface area contributed by atoms with E-state index in [4.69, 9.17) is 9.47 Å². The second-order valence-electron chi connectivity index (χ2n) is 7.05. The van der Waals surface area contributed by atoms with E-state index in [1.165, 1.54) is 32.1 Å². The molecule has 0 aromatic heterocycles. The van der Waals surface area contributed by atoms with Crippen LogP contribution in [0.5, 0.6) is 0 Å². The Bertz CT molecular complexity index is 371. The number of ether oxygens (including phenoxy) is 2. The summed E-state index contributed by atoms with van der Waals surface area (Å²) in [5.74, 6) is 0.736. The molecule has 3 fully saturated rings. The number of carbonyl (C=O) groups is 1. The molecule has 1 aliphatic carbocycles. The maximum Gasteiger partial charge on any atom is 0.317 e. The molecule has 22 heavy (non-hydrogen) atoms. The van der Waals surface area contributed by atoms with Gasteiger partial charge in [0.1, 0.15) is 0 Å². The molecule has 2 amide bonds. The lowest BCUT2D eigenvalue weighted by Gasteiger charge is -2.33. The normalized spacial score (nSPS) is 34.7. The molecule has 3 aliphatic rings. The smallest absolute Gasteiger partial charge is 0.317 e. The largest absolute Gasteiger partial charge is 0.379 e. The summed E-state index contributed by atoms with van der Waals surface area (Å²) >= 11 is 0. The van der Waals surface area contributed by atoms with Crippen molar-refractivity contribution in [2.75, 3.05) is 26.4 Å². The number of urea groups is 1. The Morgan fingerprint density at radius 2 is 2.18 bits per heavy atom. The fourth-order valence-electron chi connectivity index (χ4n) is 4.31. The van der Waals surface area contributed by atoms with E-state index in [0.29, 0.717) is 25.2 Å². The van der Waals surface area contributed by atoms with Crippen LogP contribution in [0.1, 0.15) is 51.9 Å². The van der Waals surface area contributed by atoms with Crippen LogP contribution < -0.4 is 5.32 Å². The van der Waals surface area contributed by atoms with Crippen LogP contribution in [0.25, 0.3) is 0 Å². The number of carbonyl (C=O) groups excluding carboxylic acids is 1. The first kappa shape index (κ1) is 16.1. The zero-order valence-electron chi connectivity index (χ0n) is 13.8. The zero-order valence-corrected chi connectivity index (χ0v) is 13.8. The minimum atomic E-state index is 0.131. The molecule has 5 nitrogen and oxygen atoms in total. The van der Waals surface area contributed by atoms with Gasteiger partial charge in [-0.25, -0.2) is 4.79 Å². The Balaban J connectivity index is 1.36. The van der Waals surface area contributed by atoms with Crippen molar-refractivity contribution in [3.05, 3.63) is 0 Å². The summed E-state index contributed by atoms with van der Waals surface area (Å²) in [5.41, 5.74) is 0. The quantitative estimate of drug-likeness (QED) is 0.794. The number of hydrogen-bond donors (Lipinski definition) is 1. The van der Waals surface area contributed by atoms with E-state index in [1.54, 1.807) is 0 Å². The van der Waals surface area contributed by atoms with Crippen molar-refractivity contribution >= 4 is 6.03 Å². The number of nitrogens with zero attached hydrogens (tertiary/aromatic N) is 1. The number of amides is 2. The number of fused-ring (bicyclic) bond motifs is 1. The minimum Gasteiger partial charge on any atom is -0.379 e. The van der Waals surface area contributed by atoms with Gasteiger partial charge in [-0.1, -0.05) is 12.8 Å². The molecule has 0 aromatic rings. The Morgan fingerprint density at radius 1 is 1.32 bits per heavy atom. The Hall–Kier alpha value is -0.810. The lowest BCUT2D eigenvalue weighted by Crippen LogP contribution is -2.48. The summed E-state index contributed by atoms with van der Waals surface area (Å²) < 4.78 is 11.0. The van der Waals surface area contributed by atoms with Gasteiger partial charge >= 0.3 is 6.03 Å². The van der Waals surface area contributed by atoms with Crippen molar-refractivity contribution in [3.63, 3.8) is 0 Å². The monoisotopic (exact) mass is 310 g/mol. The SMILES string of the molecule is CC1CC2CCCCC2N1C(=O)NCCCOC1CCOC1. The van der Waals surface area contributed by atoms with Crippen LogP contribution in [-0.4, -0.2) is 55.5 Å². The standard InChI is InChI=1S/C17H30N2O3/c1-13-11-14-5-2-3-6-16(14)19(13)17(20)18-8-4-9-22-15-7-10-21-12-15/h13-16H,2-12H2,1H3,(H,18,20). The highest BCUT2D eigenvalue weighted by Crippen LogP contribution is 2.39. The first-order valence-corrected chi connectivity index (χ1v) is 9.01. The zero-order chi connectivity index (χ0) is 15.4. The van der Waals surface area contributed by atoms with Crippen LogP contribution in [0.2, 0.25) is 0 Å². The molecular formula is C17H30N2O3. The molecule has 3 rings (SSSR count). The maximum absolute atomic E-state index is 12.5. The molecule has 1 saturated carbocycles. The molecule has 0 bridgehead atoms. The number of rotatable bonds is 5. The van der Waals surface area contributed by atoms with Crippen LogP contribution in [0.15, 0.2) is 0 Å². The van der Waals surface area contributed by atoms with Crippen LogP contribution in [0.4, 0.5) is 4.79 Å². The highest BCUT2D eigenvalue weighted by molar-refractivity contribution is 5.75. The average Bonchev–Trinajstić information content (AvgIpc) is 3.13. The van der Waals surface area contributed by atoms with Gasteiger partial charge in [0.25, 0.3) is 0 Å². The van der Waals surface area contributed by atoms with Crippen molar-refractivity contribution < 1.29 is 14.3 Å². The first-order chi connectivity index (χ1) is 10.8. The van der Waals surface area contributed by atoms with Gasteiger partial charge in [0.2, 0.25) is 0 Å². The molecule has 0 radical (unpaired) electrons. The molecule has 2 heterocycles. The van der Waals surface area contributed by atoms with Crippen LogP contribution >= 0.6 is 0 Å². The summed E-state index contributed by atoms with van der Waals surface area (Å²) in [5, 5.41) is 3.09. The van der Waals surface area contributed by atoms with E-state index < -0.39 is 0 Å². The molecule has 2 aliphatic heterocycles. The summed E-state index contributed by atoms with van der Waals surface area (Å²) in [6.07, 6.45) is 8.42. The van der Waals surface area contributed by atoms with E-state index in [1.807, 2.05) is 0 Å². The second kappa shape index (κ2) is 7.64. The fourth-order valence-corrected chi connectivity index (χ4v) is 4.31. The highest BCUT2D eigenvalue weighted by Gasteiger charge is 2.42. The van der Waals surface area contributed by atoms with Gasteiger partial charge in [0.15, 0.2) is 0 Å². The third kappa shape index (κ3) is 3.74. The Labute approximate surface area is 133 Å². The predicted molar refractivity (Wildman–Crippen MR) is 84.9 cm³/mol. The van der Waals surface area contributed by atoms with Crippen molar-refractivity contribution in [2.24, 2.45) is 5.92 Å². The van der Waals surface area contributed by atoms with Crippen LogP contribution in [0.3, 0.4) is 0 Å². The second-order valence-corrected chi connectivity index (χ2v) is 7.05. The molecule has 2 saturated heterocycles. The van der Waals surface area contributed by atoms with Crippen molar-refractivity contribution in [1.82, 2.24) is 10.2 Å². The Morgan fingerprint density at radius 3 is 3.00 bits per heavy atom. The third-order valence-electron chi connectivity index (χ3n) is 5.42. The van der Waals surface area contributed by atoms with Gasteiger partial charge in [-0.05, 0) is 44.9 Å². The fraction of sp³-hybridized carbons (Fsp3) is 0.941. The summed E-state index contributed by atoms with van der Waals surface area (Å²) in [7, 11) is 0. The first-order valence-electron chi connectivity index (χ1n) is 9.01. The Kier molecular flexibility index (Phi) is 5.58. The highest BCUT2D eigenvalue weighted by atomic mass is 16.5. The average molecular weight is 310 g/mol. The minimum absolute atomic E-state index is 0.131. The summed E-state index contributed by atoms with van der Waals surface area (Å²) in [6.45, 7) is 5.14. The van der Waals surface area contributed by atoms with Gasteiger partial charge in [-0.2, -0.15) is 0 Å². The molecule has 126 valence electrons. The van der Waals surface area contributed by atoms with Crippen LogP contribution in [-0.2, 0) is 9.47 Å². The predicted octanol–water partition coefficient (Wildman–Crippen LogP) is 2.54. The molecule has 0 aromatic carbocycles. The van der Waals surface area contributed by atoms with E-state index in [9.17, 15) is 4.79 Å². The van der Waals surface area contributed by atoms with Crippen LogP contribution in [0, 0.1) is 5.92 Å². The van der Waals surface area contributed by atoms with Crippen molar-refractivity contribution in [2.45, 2.75) is 70.1 Å². The number of hydrogen-bond acceptors (Lipinski definition) is 3. The van der Waals surface area contributed by atoms with Gasteiger partial charge in [-0.3, -0.25) is 0 Å². The molecule has 1 N–H and O–H groups in total. The lowest BCUT2D eigenvalue weighted by atomic mass is 9.85. The van der Waals surface area contributed by atoms with E-state index in [2.05, 4.69) is 17.1 Å². The summed E-state index contributed by atoms with van der Waals surface area (Å²) in [4.78, 5) is 14.6. The molecule has 5 heteroatoms. The molecule has 0 spiro atoms. The summed E-state index contributed by atoms with van der Waals surface area (Å²) in [6, 6.07) is 1.00. The van der Waals surface area contributed by atoms with Crippen molar-refractivity contribution in [1.29, 1.82) is 0 Å². The van der Waals surface area contributed by atoms with E-state index in [0.717, 1.165) is 32.0 Å². The third-order valence-corrected chi connectivity index (χ3v) is 5.42. The molecular weight excluding hydrogens is 280 g/mol. The molecule has 4 unspecified atom stereocenters. The van der Waals surface area contributed by atoms with Crippen molar-refractivity contribution in [3.8, 4) is 0 Å². The number of nitrogens with one attached hydrogen (secondary N) is 1. The molecule has 4 atom stereocenters. The van der Waals surface area contributed by atoms with Gasteiger partial charge in [0, 0.05) is 31.8 Å². The van der Waals surface area contributed by atoms with E-state index in [-0.39, 0.29) is 12.1 Å². The topological polar surface area (TPSA) is 50.8 Å². The van der Waals surface area contributed by atoms with Gasteiger partial charge < -0.3 is 19.7 Å². The van der Waals surface area contributed by atoms with E-state index >= 15 is 0 Å². The van der Waals surface area contributed by atoms with Gasteiger partial charge in [-0.15, -0.1) is 0 Å².